The fourth-order valence-corrected chi connectivity index (χ4v) is 1.56. The Labute approximate surface area is 122 Å². The van der Waals surface area contributed by atoms with Gasteiger partial charge in [-0.1, -0.05) is 26.0 Å². The first kappa shape index (κ1) is 17.2. The summed E-state index contributed by atoms with van der Waals surface area (Å²) in [6.07, 6.45) is -1.00. The first-order valence-electron chi connectivity index (χ1n) is 6.63. The van der Waals surface area contributed by atoms with Crippen LogP contribution in [0.25, 0.3) is 0 Å². The van der Waals surface area contributed by atoms with Crippen molar-refractivity contribution in [2.75, 3.05) is 13.1 Å². The number of rotatable bonds is 7. The first-order valence-corrected chi connectivity index (χ1v) is 6.63. The van der Waals surface area contributed by atoms with Crippen LogP contribution in [0, 0.1) is 5.92 Å². The minimum atomic E-state index is -2.92. The maximum absolute atomic E-state index is 12.1. The Morgan fingerprint density at radius 2 is 1.95 bits per heavy atom. The van der Waals surface area contributed by atoms with Gasteiger partial charge in [-0.25, -0.2) is 4.79 Å². The van der Waals surface area contributed by atoms with E-state index in [1.54, 1.807) is 6.07 Å². The number of nitrogens with one attached hydrogen (secondary N) is 2. The van der Waals surface area contributed by atoms with Crippen LogP contribution in [0.4, 0.5) is 13.6 Å². The van der Waals surface area contributed by atoms with Crippen molar-refractivity contribution in [2.24, 2.45) is 5.92 Å². The quantitative estimate of drug-likeness (QED) is 0.723. The molecule has 1 aromatic carbocycles. The lowest BCUT2D eigenvalue weighted by atomic mass is 10.1. The van der Waals surface area contributed by atoms with Gasteiger partial charge in [0.2, 0.25) is 0 Å². The highest BCUT2D eigenvalue weighted by Gasteiger charge is 2.12. The number of benzene rings is 1. The molecule has 1 aromatic rings. The van der Waals surface area contributed by atoms with Crippen molar-refractivity contribution in [3.63, 3.8) is 0 Å². The van der Waals surface area contributed by atoms with Gasteiger partial charge in [-0.3, -0.25) is 0 Å². The van der Waals surface area contributed by atoms with E-state index in [4.69, 9.17) is 0 Å². The first-order chi connectivity index (χ1) is 9.88. The molecule has 0 radical (unpaired) electrons. The van der Waals surface area contributed by atoms with E-state index in [0.717, 1.165) is 0 Å². The largest absolute Gasteiger partial charge is 0.435 e. The second kappa shape index (κ2) is 8.41. The lowest BCUT2D eigenvalue weighted by molar-refractivity contribution is -0.0499. The Bertz CT molecular complexity index is 456. The van der Waals surface area contributed by atoms with Gasteiger partial charge in [-0.05, 0) is 23.6 Å². The fourth-order valence-electron chi connectivity index (χ4n) is 1.56. The van der Waals surface area contributed by atoms with Crippen LogP contribution in [0.2, 0.25) is 0 Å². The number of carbonyl (C=O) groups is 1. The number of aliphatic hydroxyl groups is 1. The number of hydrogen-bond donors (Lipinski definition) is 3. The Morgan fingerprint density at radius 1 is 1.29 bits per heavy atom. The topological polar surface area (TPSA) is 70.6 Å². The summed E-state index contributed by atoms with van der Waals surface area (Å²) in [6, 6.07) is 5.35. The number of urea groups is 1. The smallest absolute Gasteiger partial charge is 0.387 e. The fraction of sp³-hybridized carbons (Fsp3) is 0.500. The molecular weight excluding hydrogens is 282 g/mol. The molecule has 0 aliphatic rings. The van der Waals surface area contributed by atoms with Crippen molar-refractivity contribution < 1.29 is 23.4 Å². The molecule has 1 unspecified atom stereocenters. The lowest BCUT2D eigenvalue weighted by Gasteiger charge is -2.14. The van der Waals surface area contributed by atoms with Gasteiger partial charge in [-0.15, -0.1) is 0 Å². The number of halogens is 2. The summed E-state index contributed by atoms with van der Waals surface area (Å²) >= 11 is 0. The molecule has 0 saturated heterocycles. The molecule has 21 heavy (non-hydrogen) atoms. The summed E-state index contributed by atoms with van der Waals surface area (Å²) in [5.74, 6) is 0.287. The normalized spacial score (nSPS) is 12.3. The second-order valence-corrected chi connectivity index (χ2v) is 4.95. The maximum Gasteiger partial charge on any atom is 0.387 e. The molecule has 118 valence electrons. The Kier molecular flexibility index (Phi) is 6.87. The summed E-state index contributed by atoms with van der Waals surface area (Å²) in [5.41, 5.74) is 0.386. The molecule has 0 fully saturated rings. The average molecular weight is 302 g/mol. The molecule has 2 amide bonds. The molecule has 0 bridgehead atoms. The number of ether oxygens (including phenoxy) is 1. The predicted molar refractivity (Wildman–Crippen MR) is 74.3 cm³/mol. The van der Waals surface area contributed by atoms with Crippen molar-refractivity contribution in [3.8, 4) is 5.75 Å². The van der Waals surface area contributed by atoms with Crippen LogP contribution in [0.3, 0.4) is 0 Å². The third kappa shape index (κ3) is 6.89. The highest BCUT2D eigenvalue weighted by Crippen LogP contribution is 2.20. The van der Waals surface area contributed by atoms with Crippen molar-refractivity contribution in [1.29, 1.82) is 0 Å². The molecule has 0 aliphatic carbocycles. The Morgan fingerprint density at radius 3 is 2.57 bits per heavy atom. The zero-order chi connectivity index (χ0) is 15.8. The molecule has 0 heterocycles. The van der Waals surface area contributed by atoms with Gasteiger partial charge in [-0.2, -0.15) is 8.78 Å². The molecule has 0 aliphatic heterocycles. The second-order valence-electron chi connectivity index (χ2n) is 4.95. The molecule has 0 spiro atoms. The molecule has 3 N–H and O–H groups in total. The highest BCUT2D eigenvalue weighted by atomic mass is 19.3. The minimum Gasteiger partial charge on any atom is -0.435 e. The van der Waals surface area contributed by atoms with Gasteiger partial charge in [0.05, 0.1) is 6.10 Å². The number of carbonyl (C=O) groups excluding carboxylic acids is 1. The zero-order valence-corrected chi connectivity index (χ0v) is 12.0. The molecule has 1 atom stereocenters. The van der Waals surface area contributed by atoms with Crippen LogP contribution >= 0.6 is 0 Å². The van der Waals surface area contributed by atoms with Crippen LogP contribution in [0.1, 0.15) is 25.5 Å². The highest BCUT2D eigenvalue weighted by molar-refractivity contribution is 5.73. The molecule has 7 heteroatoms. The van der Waals surface area contributed by atoms with Gasteiger partial charge in [0, 0.05) is 13.1 Å². The van der Waals surface area contributed by atoms with E-state index >= 15 is 0 Å². The summed E-state index contributed by atoms with van der Waals surface area (Å²) in [7, 11) is 0. The van der Waals surface area contributed by atoms with Crippen LogP contribution in [0.15, 0.2) is 24.3 Å². The molecule has 5 nitrogen and oxygen atoms in total. The molecule has 1 rings (SSSR count). The van der Waals surface area contributed by atoms with Crippen LogP contribution in [-0.4, -0.2) is 30.8 Å². The van der Waals surface area contributed by atoms with Gasteiger partial charge in [0.1, 0.15) is 5.75 Å². The van der Waals surface area contributed by atoms with E-state index in [9.17, 15) is 18.7 Å². The Hall–Kier alpha value is -1.89. The zero-order valence-electron chi connectivity index (χ0n) is 12.0. The van der Waals surface area contributed by atoms with Crippen molar-refractivity contribution >= 4 is 6.03 Å². The van der Waals surface area contributed by atoms with Crippen LogP contribution < -0.4 is 15.4 Å². The summed E-state index contributed by atoms with van der Waals surface area (Å²) in [5, 5.41) is 15.1. The van der Waals surface area contributed by atoms with E-state index in [2.05, 4.69) is 15.4 Å². The standard InChI is InChI=1S/C14H20F2N2O3/c1-9(2)7-17-14(20)18-8-12(19)10-4-3-5-11(6-10)21-13(15)16/h3-6,9,12-13,19H,7-8H2,1-2H3,(H2,17,18,20). The summed E-state index contributed by atoms with van der Waals surface area (Å²) in [4.78, 5) is 11.4. The monoisotopic (exact) mass is 302 g/mol. The van der Waals surface area contributed by atoms with Gasteiger partial charge >= 0.3 is 12.6 Å². The van der Waals surface area contributed by atoms with E-state index in [1.807, 2.05) is 13.8 Å². The Balaban J connectivity index is 2.48. The predicted octanol–water partition coefficient (Wildman–Crippen LogP) is 2.28. The van der Waals surface area contributed by atoms with Crippen LogP contribution in [0.5, 0.6) is 5.75 Å². The SMILES string of the molecule is CC(C)CNC(=O)NCC(O)c1cccc(OC(F)F)c1. The van der Waals surface area contributed by atoms with Crippen molar-refractivity contribution in [2.45, 2.75) is 26.6 Å². The average Bonchev–Trinajstić information content (AvgIpc) is 2.42. The lowest BCUT2D eigenvalue weighted by Crippen LogP contribution is -2.39. The summed E-state index contributed by atoms with van der Waals surface area (Å²) in [6.45, 7) is 1.51. The van der Waals surface area contributed by atoms with Gasteiger partial charge < -0.3 is 20.5 Å². The molecule has 0 saturated carbocycles. The van der Waals surface area contributed by atoms with E-state index in [1.165, 1.54) is 18.2 Å². The van der Waals surface area contributed by atoms with Gasteiger partial charge in [0.25, 0.3) is 0 Å². The molecule has 0 aromatic heterocycles. The van der Waals surface area contributed by atoms with Crippen molar-refractivity contribution in [1.82, 2.24) is 10.6 Å². The van der Waals surface area contributed by atoms with Gasteiger partial charge in [0.15, 0.2) is 0 Å². The molecular formula is C14H20F2N2O3. The maximum atomic E-state index is 12.1. The summed E-state index contributed by atoms with van der Waals surface area (Å²) < 4.78 is 28.5. The minimum absolute atomic E-state index is 0.0257. The number of amides is 2. The van der Waals surface area contributed by atoms with E-state index in [0.29, 0.717) is 18.0 Å². The third-order valence-corrected chi connectivity index (χ3v) is 2.59. The van der Waals surface area contributed by atoms with Crippen LogP contribution in [-0.2, 0) is 0 Å². The third-order valence-electron chi connectivity index (χ3n) is 2.59. The number of aliphatic hydroxyl groups excluding tert-OH is 1. The van der Waals surface area contributed by atoms with E-state index in [-0.39, 0.29) is 18.3 Å². The number of hydrogen-bond acceptors (Lipinski definition) is 3. The van der Waals surface area contributed by atoms with Crippen molar-refractivity contribution in [3.05, 3.63) is 29.8 Å². The van der Waals surface area contributed by atoms with E-state index < -0.39 is 12.7 Å². The number of alkyl halides is 2.